The molecule has 4 heteroatoms. The largest absolute Gasteiger partial charge is 0.480 e. The maximum atomic E-state index is 12.5. The molecule has 1 aromatic rings. The lowest BCUT2D eigenvalue weighted by molar-refractivity contribution is -0.137. The third-order valence-corrected chi connectivity index (χ3v) is 3.48. The predicted octanol–water partition coefficient (Wildman–Crippen LogP) is 2.11. The topological polar surface area (TPSA) is 57.6 Å². The van der Waals surface area contributed by atoms with Crippen LogP contribution in [0.5, 0.6) is 0 Å². The SMILES string of the molecule is CCCN(CC(=O)O)C(=O)c1cccc2c1CCC2. The number of carbonyl (C=O) groups is 2. The van der Waals surface area contributed by atoms with Crippen molar-refractivity contribution in [3.05, 3.63) is 34.9 Å². The molecule has 1 aromatic carbocycles. The van der Waals surface area contributed by atoms with E-state index in [-0.39, 0.29) is 12.5 Å². The molecule has 0 heterocycles. The lowest BCUT2D eigenvalue weighted by atomic mass is 10.0. The van der Waals surface area contributed by atoms with Crippen LogP contribution in [-0.4, -0.2) is 35.0 Å². The summed E-state index contributed by atoms with van der Waals surface area (Å²) in [5.74, 6) is -1.11. The molecule has 102 valence electrons. The number of hydrogen-bond acceptors (Lipinski definition) is 2. The number of aryl methyl sites for hydroxylation is 1. The van der Waals surface area contributed by atoms with Gasteiger partial charge in [0.05, 0.1) is 0 Å². The number of hydrogen-bond donors (Lipinski definition) is 1. The van der Waals surface area contributed by atoms with Crippen LogP contribution in [0.1, 0.15) is 41.3 Å². The van der Waals surface area contributed by atoms with Crippen molar-refractivity contribution in [3.8, 4) is 0 Å². The molecule has 0 aromatic heterocycles. The van der Waals surface area contributed by atoms with Gasteiger partial charge in [0.2, 0.25) is 0 Å². The standard InChI is InChI=1S/C15H19NO3/c1-2-9-16(10-14(17)18)15(19)13-8-4-6-11-5-3-7-12(11)13/h4,6,8H,2-3,5,7,9-10H2,1H3,(H,17,18). The molecule has 0 radical (unpaired) electrons. The van der Waals surface area contributed by atoms with Gasteiger partial charge < -0.3 is 10.0 Å². The summed E-state index contributed by atoms with van der Waals surface area (Å²) < 4.78 is 0. The second-order valence-corrected chi connectivity index (χ2v) is 4.92. The zero-order valence-corrected chi connectivity index (χ0v) is 11.2. The van der Waals surface area contributed by atoms with Crippen molar-refractivity contribution in [1.82, 2.24) is 4.90 Å². The van der Waals surface area contributed by atoms with Gasteiger partial charge in [-0.3, -0.25) is 9.59 Å². The lowest BCUT2D eigenvalue weighted by Crippen LogP contribution is -2.36. The van der Waals surface area contributed by atoms with Crippen molar-refractivity contribution >= 4 is 11.9 Å². The highest BCUT2D eigenvalue weighted by Gasteiger charge is 2.23. The van der Waals surface area contributed by atoms with Gasteiger partial charge in [0, 0.05) is 12.1 Å². The van der Waals surface area contributed by atoms with Crippen molar-refractivity contribution in [2.24, 2.45) is 0 Å². The Balaban J connectivity index is 2.26. The minimum absolute atomic E-state index is 0.150. The first-order valence-electron chi connectivity index (χ1n) is 6.75. The Morgan fingerprint density at radius 1 is 1.32 bits per heavy atom. The van der Waals surface area contributed by atoms with Crippen molar-refractivity contribution in [2.45, 2.75) is 32.6 Å². The molecule has 0 spiro atoms. The van der Waals surface area contributed by atoms with Crippen LogP contribution in [0.25, 0.3) is 0 Å². The molecular weight excluding hydrogens is 242 g/mol. The summed E-state index contributed by atoms with van der Waals surface area (Å²) in [6.45, 7) is 2.20. The number of amides is 1. The number of benzene rings is 1. The Morgan fingerprint density at radius 3 is 2.79 bits per heavy atom. The Labute approximate surface area is 113 Å². The van der Waals surface area contributed by atoms with E-state index in [1.165, 1.54) is 10.5 Å². The first-order valence-corrected chi connectivity index (χ1v) is 6.75. The van der Waals surface area contributed by atoms with E-state index in [4.69, 9.17) is 5.11 Å². The molecule has 0 saturated heterocycles. The zero-order chi connectivity index (χ0) is 13.8. The maximum Gasteiger partial charge on any atom is 0.323 e. The predicted molar refractivity (Wildman–Crippen MR) is 72.3 cm³/mol. The molecule has 1 aliphatic carbocycles. The Hall–Kier alpha value is -1.84. The van der Waals surface area contributed by atoms with Gasteiger partial charge >= 0.3 is 5.97 Å². The van der Waals surface area contributed by atoms with E-state index in [0.717, 1.165) is 31.2 Å². The molecule has 19 heavy (non-hydrogen) atoms. The van der Waals surface area contributed by atoms with Gasteiger partial charge in [0.15, 0.2) is 0 Å². The molecule has 4 nitrogen and oxygen atoms in total. The van der Waals surface area contributed by atoms with Gasteiger partial charge in [-0.2, -0.15) is 0 Å². The minimum Gasteiger partial charge on any atom is -0.480 e. The van der Waals surface area contributed by atoms with Gasteiger partial charge in [0.1, 0.15) is 6.54 Å². The third kappa shape index (κ3) is 2.95. The van der Waals surface area contributed by atoms with Crippen LogP contribution in [0.3, 0.4) is 0 Å². The molecule has 2 rings (SSSR count). The first-order chi connectivity index (χ1) is 9.13. The number of aliphatic carboxylic acids is 1. The fraction of sp³-hybridized carbons (Fsp3) is 0.467. The van der Waals surface area contributed by atoms with E-state index >= 15 is 0 Å². The Bertz CT molecular complexity index is 496. The van der Waals surface area contributed by atoms with Crippen LogP contribution in [-0.2, 0) is 17.6 Å². The summed E-state index contributed by atoms with van der Waals surface area (Å²) in [4.78, 5) is 24.8. The van der Waals surface area contributed by atoms with Crippen molar-refractivity contribution in [1.29, 1.82) is 0 Å². The quantitative estimate of drug-likeness (QED) is 0.883. The maximum absolute atomic E-state index is 12.5. The zero-order valence-electron chi connectivity index (χ0n) is 11.2. The summed E-state index contributed by atoms with van der Waals surface area (Å²) in [7, 11) is 0. The molecule has 1 amide bonds. The summed E-state index contributed by atoms with van der Waals surface area (Å²) >= 11 is 0. The van der Waals surface area contributed by atoms with Crippen molar-refractivity contribution in [2.75, 3.05) is 13.1 Å². The highest BCUT2D eigenvalue weighted by molar-refractivity contribution is 5.97. The Morgan fingerprint density at radius 2 is 2.11 bits per heavy atom. The number of rotatable bonds is 5. The minimum atomic E-state index is -0.964. The fourth-order valence-electron chi connectivity index (χ4n) is 2.68. The third-order valence-electron chi connectivity index (χ3n) is 3.48. The molecular formula is C15H19NO3. The summed E-state index contributed by atoms with van der Waals surface area (Å²) in [5, 5.41) is 8.91. The van der Waals surface area contributed by atoms with E-state index in [9.17, 15) is 9.59 Å². The van der Waals surface area contributed by atoms with Gasteiger partial charge in [-0.15, -0.1) is 0 Å². The summed E-state index contributed by atoms with van der Waals surface area (Å²) in [6, 6.07) is 5.76. The van der Waals surface area contributed by atoms with Gasteiger partial charge in [-0.05, 0) is 42.9 Å². The number of carbonyl (C=O) groups excluding carboxylic acids is 1. The average Bonchev–Trinajstić information content (AvgIpc) is 2.85. The van der Waals surface area contributed by atoms with Gasteiger partial charge in [-0.25, -0.2) is 0 Å². The normalized spacial score (nSPS) is 13.1. The molecule has 0 unspecified atom stereocenters. The Kier molecular flexibility index (Phi) is 4.20. The monoisotopic (exact) mass is 261 g/mol. The van der Waals surface area contributed by atoms with E-state index in [1.807, 2.05) is 19.1 Å². The molecule has 1 N–H and O–H groups in total. The van der Waals surface area contributed by atoms with Gasteiger partial charge in [-0.1, -0.05) is 19.1 Å². The van der Waals surface area contributed by atoms with Crippen LogP contribution in [0.4, 0.5) is 0 Å². The second kappa shape index (κ2) is 5.87. The number of fused-ring (bicyclic) bond motifs is 1. The van der Waals surface area contributed by atoms with Crippen LogP contribution in [0, 0.1) is 0 Å². The number of carboxylic acid groups (broad SMARTS) is 1. The molecule has 0 fully saturated rings. The molecule has 0 atom stereocenters. The fourth-order valence-corrected chi connectivity index (χ4v) is 2.68. The number of nitrogens with zero attached hydrogens (tertiary/aromatic N) is 1. The van der Waals surface area contributed by atoms with Crippen molar-refractivity contribution < 1.29 is 14.7 Å². The molecule has 0 aliphatic heterocycles. The smallest absolute Gasteiger partial charge is 0.323 e. The van der Waals surface area contributed by atoms with Crippen LogP contribution in [0.15, 0.2) is 18.2 Å². The highest BCUT2D eigenvalue weighted by Crippen LogP contribution is 2.26. The van der Waals surface area contributed by atoms with Crippen LogP contribution >= 0.6 is 0 Å². The van der Waals surface area contributed by atoms with Crippen LogP contribution < -0.4 is 0 Å². The van der Waals surface area contributed by atoms with E-state index in [0.29, 0.717) is 12.1 Å². The number of carboxylic acids is 1. The second-order valence-electron chi connectivity index (χ2n) is 4.92. The van der Waals surface area contributed by atoms with Crippen LogP contribution in [0.2, 0.25) is 0 Å². The average molecular weight is 261 g/mol. The van der Waals surface area contributed by atoms with Gasteiger partial charge in [0.25, 0.3) is 5.91 Å². The van der Waals surface area contributed by atoms with E-state index < -0.39 is 5.97 Å². The summed E-state index contributed by atoms with van der Waals surface area (Å²) in [6.07, 6.45) is 3.77. The molecule has 0 saturated carbocycles. The van der Waals surface area contributed by atoms with E-state index in [2.05, 4.69) is 6.07 Å². The van der Waals surface area contributed by atoms with E-state index in [1.54, 1.807) is 0 Å². The molecule has 1 aliphatic rings. The summed E-state index contributed by atoms with van der Waals surface area (Å²) in [5.41, 5.74) is 3.03. The molecule has 0 bridgehead atoms. The van der Waals surface area contributed by atoms with Crippen molar-refractivity contribution in [3.63, 3.8) is 0 Å². The highest BCUT2D eigenvalue weighted by atomic mass is 16.4. The first kappa shape index (κ1) is 13.6. The lowest BCUT2D eigenvalue weighted by Gasteiger charge is -2.21.